The van der Waals surface area contributed by atoms with Crippen molar-refractivity contribution in [2.45, 2.75) is 6.92 Å². The van der Waals surface area contributed by atoms with Gasteiger partial charge in [-0.15, -0.1) is 0 Å². The van der Waals surface area contributed by atoms with Gasteiger partial charge in [-0.3, -0.25) is 4.79 Å². The Morgan fingerprint density at radius 3 is 2.71 bits per heavy atom. The monoisotopic (exact) mass is 211 g/mol. The number of nitrogens with two attached hydrogens (primary N) is 1. The second-order valence-electron chi connectivity index (χ2n) is 2.90. The van der Waals surface area contributed by atoms with Crippen LogP contribution in [0.1, 0.15) is 11.1 Å². The number of primary amides is 1. The first-order valence-electron chi connectivity index (χ1n) is 3.97. The Morgan fingerprint density at radius 2 is 2.21 bits per heavy atom. The minimum absolute atomic E-state index is 0.0582. The van der Waals surface area contributed by atoms with Crippen molar-refractivity contribution in [3.8, 4) is 5.75 Å². The Balaban J connectivity index is 3.07. The van der Waals surface area contributed by atoms with Crippen molar-refractivity contribution in [2.24, 2.45) is 5.73 Å². The van der Waals surface area contributed by atoms with E-state index in [1.807, 2.05) is 0 Å². The van der Waals surface area contributed by atoms with Gasteiger partial charge in [-0.25, -0.2) is 0 Å². The molecule has 1 rings (SSSR count). The third-order valence-electron chi connectivity index (χ3n) is 1.72. The third kappa shape index (κ3) is 2.50. The molecule has 14 heavy (non-hydrogen) atoms. The minimum atomic E-state index is -0.521. The molecule has 0 saturated heterocycles. The predicted molar refractivity (Wildman–Crippen MR) is 56.1 cm³/mol. The number of hydrogen-bond donors (Lipinski definition) is 2. The van der Waals surface area contributed by atoms with Crippen LogP contribution in [0.3, 0.4) is 0 Å². The summed E-state index contributed by atoms with van der Waals surface area (Å²) in [6.07, 6.45) is 2.78. The van der Waals surface area contributed by atoms with Crippen LogP contribution in [0.15, 0.2) is 18.2 Å². The highest BCUT2D eigenvalue weighted by atomic mass is 35.5. The second-order valence-corrected chi connectivity index (χ2v) is 3.31. The number of phenolic OH excluding ortho intramolecular Hbond substituents is 1. The SMILES string of the molecule is Cc1cc(C=CC(N)=O)cc(Cl)c1O. The summed E-state index contributed by atoms with van der Waals surface area (Å²) in [4.78, 5) is 10.5. The van der Waals surface area contributed by atoms with E-state index in [4.69, 9.17) is 17.3 Å². The average molecular weight is 212 g/mol. The molecule has 0 radical (unpaired) electrons. The number of hydrogen-bond acceptors (Lipinski definition) is 2. The lowest BCUT2D eigenvalue weighted by atomic mass is 10.1. The molecule has 0 bridgehead atoms. The maximum Gasteiger partial charge on any atom is 0.241 e. The van der Waals surface area contributed by atoms with Crippen molar-refractivity contribution in [3.05, 3.63) is 34.4 Å². The third-order valence-corrected chi connectivity index (χ3v) is 2.00. The summed E-state index contributed by atoms with van der Waals surface area (Å²) < 4.78 is 0. The minimum Gasteiger partial charge on any atom is -0.506 e. The van der Waals surface area contributed by atoms with Gasteiger partial charge in [0.1, 0.15) is 5.75 Å². The number of carbonyl (C=O) groups is 1. The van der Waals surface area contributed by atoms with Crippen molar-refractivity contribution in [1.29, 1.82) is 0 Å². The Hall–Kier alpha value is -1.48. The van der Waals surface area contributed by atoms with E-state index >= 15 is 0 Å². The summed E-state index contributed by atoms with van der Waals surface area (Å²) in [6.45, 7) is 1.73. The van der Waals surface area contributed by atoms with E-state index < -0.39 is 5.91 Å². The standard InChI is InChI=1S/C10H10ClNO2/c1-6-4-7(2-3-9(12)13)5-8(11)10(6)14/h2-5,14H,1H3,(H2,12,13). The number of benzene rings is 1. The molecule has 0 aliphatic carbocycles. The Labute approximate surface area is 86.8 Å². The van der Waals surface area contributed by atoms with E-state index in [1.165, 1.54) is 6.08 Å². The highest BCUT2D eigenvalue weighted by molar-refractivity contribution is 6.32. The molecule has 0 heterocycles. The number of carbonyl (C=O) groups excluding carboxylic acids is 1. The second kappa shape index (κ2) is 4.15. The molecule has 3 nitrogen and oxygen atoms in total. The van der Waals surface area contributed by atoms with Crippen LogP contribution in [0.5, 0.6) is 5.75 Å². The van der Waals surface area contributed by atoms with Crippen molar-refractivity contribution in [2.75, 3.05) is 0 Å². The smallest absolute Gasteiger partial charge is 0.241 e. The average Bonchev–Trinajstić information content (AvgIpc) is 2.10. The molecule has 0 fully saturated rings. The highest BCUT2D eigenvalue weighted by Crippen LogP contribution is 2.28. The van der Waals surface area contributed by atoms with E-state index in [0.29, 0.717) is 5.56 Å². The first-order chi connectivity index (χ1) is 6.50. The zero-order chi connectivity index (χ0) is 10.7. The summed E-state index contributed by atoms with van der Waals surface area (Å²) in [5.74, 6) is -0.463. The van der Waals surface area contributed by atoms with Crippen LogP contribution in [0.25, 0.3) is 6.08 Å². The predicted octanol–water partition coefficient (Wildman–Crippen LogP) is 1.85. The van der Waals surface area contributed by atoms with Crippen LogP contribution in [0.2, 0.25) is 5.02 Å². The fourth-order valence-electron chi connectivity index (χ4n) is 1.04. The lowest BCUT2D eigenvalue weighted by molar-refractivity contribution is -0.113. The van der Waals surface area contributed by atoms with Crippen molar-refractivity contribution in [1.82, 2.24) is 0 Å². The van der Waals surface area contributed by atoms with Crippen LogP contribution in [0.4, 0.5) is 0 Å². The van der Waals surface area contributed by atoms with Gasteiger partial charge in [0.2, 0.25) is 5.91 Å². The van der Waals surface area contributed by atoms with Crippen LogP contribution in [-0.4, -0.2) is 11.0 Å². The molecule has 74 valence electrons. The largest absolute Gasteiger partial charge is 0.506 e. The lowest BCUT2D eigenvalue weighted by Crippen LogP contribution is -2.05. The summed E-state index contributed by atoms with van der Waals surface area (Å²) in [6, 6.07) is 3.27. The van der Waals surface area contributed by atoms with Crippen LogP contribution < -0.4 is 5.73 Å². The van der Waals surface area contributed by atoms with Gasteiger partial charge < -0.3 is 10.8 Å². The summed E-state index contributed by atoms with van der Waals surface area (Å²) in [7, 11) is 0. The molecule has 1 aromatic carbocycles. The number of aryl methyl sites for hydroxylation is 1. The van der Waals surface area contributed by atoms with E-state index in [-0.39, 0.29) is 10.8 Å². The molecule has 3 N–H and O–H groups in total. The van der Waals surface area contributed by atoms with Crippen LogP contribution in [-0.2, 0) is 4.79 Å². The Kier molecular flexibility index (Phi) is 3.14. The van der Waals surface area contributed by atoms with Crippen molar-refractivity contribution < 1.29 is 9.90 Å². The van der Waals surface area contributed by atoms with Crippen LogP contribution >= 0.6 is 11.6 Å². The fourth-order valence-corrected chi connectivity index (χ4v) is 1.31. The van der Waals surface area contributed by atoms with E-state index in [0.717, 1.165) is 5.56 Å². The molecular weight excluding hydrogens is 202 g/mol. The van der Waals surface area contributed by atoms with Gasteiger partial charge in [0, 0.05) is 6.08 Å². The van der Waals surface area contributed by atoms with E-state index in [1.54, 1.807) is 25.1 Å². The summed E-state index contributed by atoms with van der Waals surface area (Å²) in [5.41, 5.74) is 6.32. The first kappa shape index (κ1) is 10.6. The van der Waals surface area contributed by atoms with Gasteiger partial charge in [0.15, 0.2) is 0 Å². The molecule has 1 amide bonds. The molecule has 0 aromatic heterocycles. The van der Waals surface area contributed by atoms with E-state index in [2.05, 4.69) is 0 Å². The fraction of sp³-hybridized carbons (Fsp3) is 0.100. The van der Waals surface area contributed by atoms with Crippen molar-refractivity contribution in [3.63, 3.8) is 0 Å². The normalized spacial score (nSPS) is 10.7. The summed E-state index contributed by atoms with van der Waals surface area (Å²) >= 11 is 5.73. The van der Waals surface area contributed by atoms with Gasteiger partial charge in [-0.05, 0) is 36.3 Å². The molecule has 1 aromatic rings. The number of amides is 1. The van der Waals surface area contributed by atoms with Gasteiger partial charge in [-0.2, -0.15) is 0 Å². The molecule has 0 aliphatic heterocycles. The zero-order valence-electron chi connectivity index (χ0n) is 7.62. The maximum absolute atomic E-state index is 10.5. The molecule has 0 saturated carbocycles. The topological polar surface area (TPSA) is 63.3 Å². The highest BCUT2D eigenvalue weighted by Gasteiger charge is 2.02. The maximum atomic E-state index is 10.5. The van der Waals surface area contributed by atoms with Gasteiger partial charge >= 0.3 is 0 Å². The molecule has 0 spiro atoms. The number of halogens is 1. The molecular formula is C10H10ClNO2. The van der Waals surface area contributed by atoms with Crippen LogP contribution in [0, 0.1) is 6.92 Å². The van der Waals surface area contributed by atoms with Crippen molar-refractivity contribution >= 4 is 23.6 Å². The Morgan fingerprint density at radius 1 is 1.57 bits per heavy atom. The number of rotatable bonds is 2. The first-order valence-corrected chi connectivity index (χ1v) is 4.35. The lowest BCUT2D eigenvalue weighted by Gasteiger charge is -2.02. The van der Waals surface area contributed by atoms with Gasteiger partial charge in [-0.1, -0.05) is 11.6 Å². The van der Waals surface area contributed by atoms with Gasteiger partial charge in [0.05, 0.1) is 5.02 Å². The Bertz CT molecular complexity index is 376. The quantitative estimate of drug-likeness (QED) is 0.734. The molecule has 0 unspecified atom stereocenters. The zero-order valence-corrected chi connectivity index (χ0v) is 8.38. The van der Waals surface area contributed by atoms with E-state index in [9.17, 15) is 9.90 Å². The summed E-state index contributed by atoms with van der Waals surface area (Å²) in [5, 5.41) is 9.62. The molecule has 0 atom stereocenters. The molecule has 4 heteroatoms. The van der Waals surface area contributed by atoms with Gasteiger partial charge in [0.25, 0.3) is 0 Å². The molecule has 0 aliphatic rings. The number of aromatic hydroxyl groups is 1. The number of phenols is 1.